The summed E-state index contributed by atoms with van der Waals surface area (Å²) in [6.45, 7) is 12.5. The fraction of sp³-hybridized carbons (Fsp3) is 0.833. The molecule has 0 saturated heterocycles. The largest absolute Gasteiger partial charge is 0.355 e. The average molecular weight is 628 g/mol. The Morgan fingerprint density at radius 2 is 1.50 bits per heavy atom. The summed E-state index contributed by atoms with van der Waals surface area (Å²) in [6, 6.07) is -0.375. The van der Waals surface area contributed by atoms with Crippen molar-refractivity contribution in [3.8, 4) is 0 Å². The van der Waals surface area contributed by atoms with Crippen LogP contribution in [0.15, 0.2) is 0 Å². The molecular weight excluding hydrogens is 585 g/mol. The molecule has 2 unspecified atom stereocenters. The highest BCUT2D eigenvalue weighted by Crippen LogP contribution is 2.40. The lowest BCUT2D eigenvalue weighted by atomic mass is 9.92. The van der Waals surface area contributed by atoms with E-state index >= 15 is 0 Å². The molecule has 2 amide bonds. The summed E-state index contributed by atoms with van der Waals surface area (Å²) < 4.78 is -0.105. The molecule has 0 aromatic rings. The van der Waals surface area contributed by atoms with E-state index in [9.17, 15) is 19.2 Å². The monoisotopic (exact) mass is 627 g/mol. The highest BCUT2D eigenvalue weighted by atomic mass is 127. The van der Waals surface area contributed by atoms with Crippen LogP contribution < -0.4 is 16.0 Å². The second-order valence-electron chi connectivity index (χ2n) is 10.8. The first-order valence-electron chi connectivity index (χ1n) is 12.0. The van der Waals surface area contributed by atoms with Crippen LogP contribution in [0.1, 0.15) is 73.6 Å². The van der Waals surface area contributed by atoms with Gasteiger partial charge in [0.05, 0.1) is 24.1 Å². The summed E-state index contributed by atoms with van der Waals surface area (Å²) in [6.07, 6.45) is 4.43. The highest BCUT2D eigenvalue weighted by Gasteiger charge is 2.33. The number of hydrogen-bond acceptors (Lipinski definition) is 7. The zero-order valence-corrected chi connectivity index (χ0v) is 25.2. The number of halogens is 1. The van der Waals surface area contributed by atoms with Gasteiger partial charge < -0.3 is 16.0 Å². The summed E-state index contributed by atoms with van der Waals surface area (Å²) in [7, 11) is 0. The summed E-state index contributed by atoms with van der Waals surface area (Å²) >= 11 is 5.10. The molecule has 0 bridgehead atoms. The Morgan fingerprint density at radius 3 is 2.00 bits per heavy atom. The average Bonchev–Trinajstić information content (AvgIpc) is 2.68. The molecule has 0 aromatic carbocycles. The lowest BCUT2D eigenvalue weighted by molar-refractivity contribution is -0.125. The maximum atomic E-state index is 12.4. The van der Waals surface area contributed by atoms with Gasteiger partial charge in [-0.1, -0.05) is 20.8 Å². The normalized spacial score (nSPS) is 19.1. The van der Waals surface area contributed by atoms with Crippen molar-refractivity contribution in [1.82, 2.24) is 16.0 Å². The Labute approximate surface area is 227 Å². The van der Waals surface area contributed by atoms with Gasteiger partial charge in [0.25, 0.3) is 0 Å². The molecule has 7 nitrogen and oxygen atoms in total. The van der Waals surface area contributed by atoms with E-state index in [4.69, 9.17) is 0 Å². The second kappa shape index (κ2) is 15.0. The minimum Gasteiger partial charge on any atom is -0.355 e. The molecule has 0 radical (unpaired) electrons. The third-order valence-electron chi connectivity index (χ3n) is 5.41. The predicted octanol–water partition coefficient (Wildman–Crippen LogP) is 3.72. The number of amides is 2. The quantitative estimate of drug-likeness (QED) is 0.145. The molecule has 0 aromatic heterocycles. The second-order valence-corrected chi connectivity index (χ2v) is 14.5. The number of carbonyl (C=O) groups excluding carboxylic acids is 4. The van der Waals surface area contributed by atoms with E-state index in [0.717, 1.165) is 25.7 Å². The number of ketones is 1. The van der Waals surface area contributed by atoms with E-state index in [1.165, 1.54) is 0 Å². The smallest absolute Gasteiger partial charge is 0.237 e. The highest BCUT2D eigenvalue weighted by molar-refractivity contribution is 14.1. The number of thioether (sulfide) groups is 2. The number of hydrogen-bond donors (Lipinski definition) is 3. The fourth-order valence-corrected chi connectivity index (χ4v) is 6.46. The lowest BCUT2D eigenvalue weighted by Gasteiger charge is -2.35. The van der Waals surface area contributed by atoms with Gasteiger partial charge in [0, 0.05) is 50.6 Å². The van der Waals surface area contributed by atoms with Crippen molar-refractivity contribution in [3.63, 3.8) is 0 Å². The van der Waals surface area contributed by atoms with Crippen molar-refractivity contribution in [3.05, 3.63) is 0 Å². The maximum Gasteiger partial charge on any atom is 0.237 e. The van der Waals surface area contributed by atoms with Crippen LogP contribution in [0.2, 0.25) is 0 Å². The van der Waals surface area contributed by atoms with E-state index in [2.05, 4.69) is 16.0 Å². The van der Waals surface area contributed by atoms with Gasteiger partial charge in [-0.15, -0.1) is 23.5 Å². The van der Waals surface area contributed by atoms with Crippen molar-refractivity contribution in [1.29, 1.82) is 0 Å². The Morgan fingerprint density at radius 1 is 0.912 bits per heavy atom. The molecule has 3 N–H and O–H groups in total. The molecule has 0 aliphatic heterocycles. The maximum absolute atomic E-state index is 12.4. The molecule has 1 aliphatic carbocycles. The van der Waals surface area contributed by atoms with Crippen LogP contribution in [0, 0.1) is 5.41 Å². The number of nitrogens with one attached hydrogen (secondary N) is 3. The van der Waals surface area contributed by atoms with Crippen LogP contribution in [0.4, 0.5) is 0 Å². The molecule has 1 aliphatic rings. The summed E-state index contributed by atoms with van der Waals surface area (Å²) in [4.78, 5) is 47.9. The molecule has 1 fully saturated rings. The van der Waals surface area contributed by atoms with Crippen LogP contribution >= 0.6 is 46.1 Å². The Balaban J connectivity index is 2.26. The molecule has 1 saturated carbocycles. The number of rotatable bonds is 15. The minimum atomic E-state index is -0.375. The first kappa shape index (κ1) is 31.7. The molecular formula is C24H42IN3O4S2. The van der Waals surface area contributed by atoms with Gasteiger partial charge in [0.15, 0.2) is 0 Å². The Kier molecular flexibility index (Phi) is 14.0. The summed E-state index contributed by atoms with van der Waals surface area (Å²) in [5, 5.41) is 9.87. The van der Waals surface area contributed by atoms with Crippen LogP contribution in [-0.2, 0) is 19.2 Å². The van der Waals surface area contributed by atoms with Gasteiger partial charge in [0.2, 0.25) is 15.6 Å². The van der Waals surface area contributed by atoms with Crippen molar-refractivity contribution in [2.45, 2.75) is 95.7 Å². The van der Waals surface area contributed by atoms with Crippen LogP contribution in [-0.4, -0.2) is 68.1 Å². The molecule has 3 atom stereocenters. The molecule has 1 rings (SSSR count). The van der Waals surface area contributed by atoms with E-state index in [1.54, 1.807) is 46.1 Å². The molecule has 0 spiro atoms. The van der Waals surface area contributed by atoms with Crippen molar-refractivity contribution < 1.29 is 19.2 Å². The van der Waals surface area contributed by atoms with Crippen LogP contribution in [0.5, 0.6) is 0 Å². The lowest BCUT2D eigenvalue weighted by Crippen LogP contribution is -2.52. The third kappa shape index (κ3) is 13.7. The Hall–Kier alpha value is -0.330. The van der Waals surface area contributed by atoms with Gasteiger partial charge in [-0.2, -0.15) is 0 Å². The number of carbonyl (C=O) groups is 4. The zero-order chi connectivity index (χ0) is 25.9. The Bertz CT molecular complexity index is 707. The van der Waals surface area contributed by atoms with Gasteiger partial charge in [-0.3, -0.25) is 19.2 Å². The van der Waals surface area contributed by atoms with E-state index in [-0.39, 0.29) is 44.9 Å². The first-order chi connectivity index (χ1) is 15.7. The predicted molar refractivity (Wildman–Crippen MR) is 152 cm³/mol. The standard InChI is InChI=1S/C24H42IN3O4S2/c1-23(2,3)19(29)14-33-17-10-11-18(17)34-15-21(31)26-12-8-7-9-16(28-24(4,5)6)22(32)27-13-20(25)30/h16-18,28H,7-15H2,1-6H3,(H,26,31)(H,27,32)/t16-,17?,18?/m0/s1. The molecule has 34 heavy (non-hydrogen) atoms. The van der Waals surface area contributed by atoms with E-state index in [1.807, 2.05) is 41.5 Å². The van der Waals surface area contributed by atoms with Crippen molar-refractivity contribution in [2.75, 3.05) is 24.6 Å². The molecule has 10 heteroatoms. The van der Waals surface area contributed by atoms with Crippen LogP contribution in [0.3, 0.4) is 0 Å². The van der Waals surface area contributed by atoms with Gasteiger partial charge in [0.1, 0.15) is 5.78 Å². The molecule has 196 valence electrons. The summed E-state index contributed by atoms with van der Waals surface area (Å²) in [5.74, 6) is 1.14. The fourth-order valence-electron chi connectivity index (χ4n) is 3.23. The number of unbranched alkanes of at least 4 members (excludes halogenated alkanes) is 1. The SMILES string of the molecule is CC(C)(C)N[C@@H](CCCCNC(=O)CSC1CCC1SCC(=O)C(C)(C)C)C(=O)NCC(=O)I. The summed E-state index contributed by atoms with van der Waals surface area (Å²) in [5.41, 5.74) is -0.514. The molecule has 0 heterocycles. The van der Waals surface area contributed by atoms with Crippen molar-refractivity contribution >= 4 is 67.5 Å². The van der Waals surface area contributed by atoms with Gasteiger partial charge in [-0.05, 0) is 52.9 Å². The van der Waals surface area contributed by atoms with E-state index < -0.39 is 0 Å². The first-order valence-corrected chi connectivity index (χ1v) is 15.1. The minimum absolute atomic E-state index is 0.0305. The van der Waals surface area contributed by atoms with Crippen molar-refractivity contribution in [2.24, 2.45) is 5.41 Å². The van der Waals surface area contributed by atoms with Gasteiger partial charge in [-0.25, -0.2) is 0 Å². The van der Waals surface area contributed by atoms with E-state index in [0.29, 0.717) is 35.0 Å². The van der Waals surface area contributed by atoms with Crippen LogP contribution in [0.25, 0.3) is 0 Å². The number of Topliss-reactive ketones (excluding diaryl/α,β-unsaturated/α-hetero) is 1. The van der Waals surface area contributed by atoms with Gasteiger partial charge >= 0.3 is 0 Å². The topological polar surface area (TPSA) is 104 Å². The zero-order valence-electron chi connectivity index (χ0n) is 21.4. The third-order valence-corrected chi connectivity index (χ3v) is 8.81.